The standard InChI is InChI=1S/C20H25F2NO3/c1-2-16(15-8-3-4-9-17(15)26-20(21)22)23-19(25)14-10-12-6-5-7-13(11-14)18(12)24/h3-4,8-9,12-14,16,20H,2,5-7,10-11H2,1H3,(H,23,25)/t12-,13+,14?,16-/m0/s1. The molecule has 0 aliphatic heterocycles. The molecule has 0 spiro atoms. The fourth-order valence-electron chi connectivity index (χ4n) is 4.35. The molecule has 1 amide bonds. The Morgan fingerprint density at radius 2 is 1.88 bits per heavy atom. The van der Waals surface area contributed by atoms with Gasteiger partial charge in [-0.15, -0.1) is 0 Å². The van der Waals surface area contributed by atoms with Gasteiger partial charge in [-0.3, -0.25) is 9.59 Å². The van der Waals surface area contributed by atoms with Gasteiger partial charge in [-0.05, 0) is 38.2 Å². The minimum absolute atomic E-state index is 0.00720. The number of ether oxygens (including phenoxy) is 1. The van der Waals surface area contributed by atoms with Crippen molar-refractivity contribution in [1.82, 2.24) is 5.32 Å². The lowest BCUT2D eigenvalue weighted by Gasteiger charge is -2.37. The molecule has 1 unspecified atom stereocenters. The maximum Gasteiger partial charge on any atom is 0.387 e. The van der Waals surface area contributed by atoms with Crippen LogP contribution in [-0.2, 0) is 9.59 Å². The van der Waals surface area contributed by atoms with Crippen LogP contribution in [0.2, 0.25) is 0 Å². The molecule has 0 heterocycles. The summed E-state index contributed by atoms with van der Waals surface area (Å²) in [5.74, 6) is 0.155. The number of rotatable bonds is 6. The Kier molecular flexibility index (Phi) is 5.89. The fraction of sp³-hybridized carbons (Fsp3) is 0.600. The summed E-state index contributed by atoms with van der Waals surface area (Å²) in [6.07, 6.45) is 4.58. The van der Waals surface area contributed by atoms with Crippen molar-refractivity contribution in [2.75, 3.05) is 0 Å². The number of Topliss-reactive ketones (excluding diaryl/α,β-unsaturated/α-hetero) is 1. The average Bonchev–Trinajstić information content (AvgIpc) is 2.59. The van der Waals surface area contributed by atoms with E-state index in [2.05, 4.69) is 10.1 Å². The summed E-state index contributed by atoms with van der Waals surface area (Å²) in [6.45, 7) is -1.02. The van der Waals surface area contributed by atoms with Gasteiger partial charge in [0.2, 0.25) is 5.91 Å². The van der Waals surface area contributed by atoms with E-state index in [4.69, 9.17) is 0 Å². The maximum absolute atomic E-state index is 12.8. The zero-order valence-corrected chi connectivity index (χ0v) is 14.9. The summed E-state index contributed by atoms with van der Waals surface area (Å²) in [4.78, 5) is 25.0. The van der Waals surface area contributed by atoms with E-state index in [1.807, 2.05) is 6.92 Å². The molecule has 4 atom stereocenters. The molecule has 2 fully saturated rings. The van der Waals surface area contributed by atoms with Gasteiger partial charge in [0.1, 0.15) is 11.5 Å². The van der Waals surface area contributed by atoms with Gasteiger partial charge in [-0.1, -0.05) is 31.5 Å². The first-order valence-electron chi connectivity index (χ1n) is 9.37. The smallest absolute Gasteiger partial charge is 0.387 e. The van der Waals surface area contributed by atoms with Crippen molar-refractivity contribution in [3.8, 4) is 5.75 Å². The highest BCUT2D eigenvalue weighted by Gasteiger charge is 2.41. The number of halogens is 2. The monoisotopic (exact) mass is 365 g/mol. The van der Waals surface area contributed by atoms with E-state index in [0.717, 1.165) is 19.3 Å². The van der Waals surface area contributed by atoms with Crippen LogP contribution in [0, 0.1) is 17.8 Å². The zero-order valence-electron chi connectivity index (χ0n) is 14.9. The van der Waals surface area contributed by atoms with Crippen molar-refractivity contribution in [2.45, 2.75) is 58.1 Å². The molecule has 1 aromatic carbocycles. The maximum atomic E-state index is 12.8. The van der Waals surface area contributed by atoms with E-state index in [1.54, 1.807) is 18.2 Å². The van der Waals surface area contributed by atoms with E-state index >= 15 is 0 Å². The van der Waals surface area contributed by atoms with Crippen LogP contribution in [0.4, 0.5) is 8.78 Å². The third-order valence-corrected chi connectivity index (χ3v) is 5.65. The molecule has 142 valence electrons. The SMILES string of the molecule is CC[C@H](NC(=O)C1C[C@H]2CCC[C@@H](C1)C2=O)c1ccccc1OC(F)F. The fourth-order valence-corrected chi connectivity index (χ4v) is 4.35. The first kappa shape index (κ1) is 18.8. The minimum atomic E-state index is -2.91. The number of para-hydroxylation sites is 1. The van der Waals surface area contributed by atoms with Gasteiger partial charge in [-0.25, -0.2) is 0 Å². The lowest BCUT2D eigenvalue weighted by Crippen LogP contribution is -2.43. The number of benzene rings is 1. The van der Waals surface area contributed by atoms with Crippen molar-refractivity contribution in [1.29, 1.82) is 0 Å². The van der Waals surface area contributed by atoms with Crippen molar-refractivity contribution < 1.29 is 23.1 Å². The van der Waals surface area contributed by atoms with Crippen LogP contribution in [0.25, 0.3) is 0 Å². The second-order valence-electron chi connectivity index (χ2n) is 7.28. The van der Waals surface area contributed by atoms with Crippen LogP contribution >= 0.6 is 0 Å². The second kappa shape index (κ2) is 8.14. The molecule has 2 bridgehead atoms. The van der Waals surface area contributed by atoms with E-state index < -0.39 is 12.7 Å². The molecule has 2 aliphatic carbocycles. The van der Waals surface area contributed by atoms with Crippen molar-refractivity contribution in [3.63, 3.8) is 0 Å². The van der Waals surface area contributed by atoms with Crippen LogP contribution in [0.1, 0.15) is 57.1 Å². The van der Waals surface area contributed by atoms with Crippen molar-refractivity contribution in [3.05, 3.63) is 29.8 Å². The van der Waals surface area contributed by atoms with Gasteiger partial charge in [-0.2, -0.15) is 8.78 Å². The molecular weight excluding hydrogens is 340 g/mol. The molecule has 4 nitrogen and oxygen atoms in total. The number of fused-ring (bicyclic) bond motifs is 2. The van der Waals surface area contributed by atoms with Gasteiger partial charge in [0.25, 0.3) is 0 Å². The Morgan fingerprint density at radius 3 is 2.50 bits per heavy atom. The second-order valence-corrected chi connectivity index (χ2v) is 7.28. The molecule has 0 saturated heterocycles. The summed E-state index contributed by atoms with van der Waals surface area (Å²) in [6, 6.07) is 6.16. The van der Waals surface area contributed by atoms with Crippen LogP contribution in [0.5, 0.6) is 5.75 Å². The molecule has 26 heavy (non-hydrogen) atoms. The number of ketones is 1. The van der Waals surface area contributed by atoms with Gasteiger partial charge < -0.3 is 10.1 Å². The third-order valence-electron chi connectivity index (χ3n) is 5.65. The quantitative estimate of drug-likeness (QED) is 0.820. The van der Waals surface area contributed by atoms with Gasteiger partial charge >= 0.3 is 6.61 Å². The molecule has 2 saturated carbocycles. The van der Waals surface area contributed by atoms with E-state index in [9.17, 15) is 18.4 Å². The Morgan fingerprint density at radius 1 is 1.23 bits per heavy atom. The van der Waals surface area contributed by atoms with E-state index in [1.165, 1.54) is 6.07 Å². The molecule has 6 heteroatoms. The van der Waals surface area contributed by atoms with Gasteiger partial charge in [0.05, 0.1) is 6.04 Å². The number of amides is 1. The van der Waals surface area contributed by atoms with Crippen LogP contribution in [0.3, 0.4) is 0 Å². The number of alkyl halides is 2. The molecule has 0 aromatic heterocycles. The summed E-state index contributed by atoms with van der Waals surface area (Å²) >= 11 is 0. The molecule has 0 radical (unpaired) electrons. The number of nitrogens with one attached hydrogen (secondary N) is 1. The lowest BCUT2D eigenvalue weighted by atomic mass is 9.67. The number of carbonyl (C=O) groups is 2. The Balaban J connectivity index is 1.71. The number of hydrogen-bond acceptors (Lipinski definition) is 3. The molecule has 3 rings (SSSR count). The van der Waals surface area contributed by atoms with E-state index in [-0.39, 0.29) is 29.4 Å². The predicted molar refractivity (Wildman–Crippen MR) is 92.8 cm³/mol. The topological polar surface area (TPSA) is 55.4 Å². The van der Waals surface area contributed by atoms with Crippen molar-refractivity contribution >= 4 is 11.7 Å². The Labute approximate surface area is 152 Å². The highest BCUT2D eigenvalue weighted by molar-refractivity contribution is 5.88. The van der Waals surface area contributed by atoms with Gasteiger partial charge in [0.15, 0.2) is 0 Å². The largest absolute Gasteiger partial charge is 0.434 e. The summed E-state index contributed by atoms with van der Waals surface area (Å²) in [5, 5.41) is 3.00. The van der Waals surface area contributed by atoms with E-state index in [0.29, 0.717) is 30.6 Å². The predicted octanol–water partition coefficient (Wildman–Crippen LogP) is 4.25. The molecule has 2 aliphatic rings. The molecular formula is C20H25F2NO3. The summed E-state index contributed by atoms with van der Waals surface area (Å²) in [5.41, 5.74) is 0.552. The zero-order chi connectivity index (χ0) is 18.7. The average molecular weight is 365 g/mol. The van der Waals surface area contributed by atoms with Crippen molar-refractivity contribution in [2.24, 2.45) is 17.8 Å². The number of carbonyl (C=O) groups excluding carboxylic acids is 2. The third kappa shape index (κ3) is 4.05. The Bertz CT molecular complexity index is 648. The van der Waals surface area contributed by atoms with Gasteiger partial charge in [0, 0.05) is 23.3 Å². The van der Waals surface area contributed by atoms with Crippen LogP contribution in [0.15, 0.2) is 24.3 Å². The minimum Gasteiger partial charge on any atom is -0.434 e. The summed E-state index contributed by atoms with van der Waals surface area (Å²) in [7, 11) is 0. The normalized spacial score (nSPS) is 26.5. The molecule has 1 aromatic rings. The number of hydrogen-bond donors (Lipinski definition) is 1. The Hall–Kier alpha value is -1.98. The van der Waals surface area contributed by atoms with Crippen LogP contribution in [-0.4, -0.2) is 18.3 Å². The first-order valence-corrected chi connectivity index (χ1v) is 9.37. The first-order chi connectivity index (χ1) is 12.5. The van der Waals surface area contributed by atoms with Crippen LogP contribution < -0.4 is 10.1 Å². The summed E-state index contributed by atoms with van der Waals surface area (Å²) < 4.78 is 29.9. The highest BCUT2D eigenvalue weighted by atomic mass is 19.3. The highest BCUT2D eigenvalue weighted by Crippen LogP contribution is 2.40. The molecule has 1 N–H and O–H groups in total. The lowest BCUT2D eigenvalue weighted by molar-refractivity contribution is -0.138.